The molecular formula is C23H26N4O2. The van der Waals surface area contributed by atoms with Crippen LogP contribution in [0.5, 0.6) is 0 Å². The van der Waals surface area contributed by atoms with Gasteiger partial charge >= 0.3 is 0 Å². The molecule has 0 amide bonds. The van der Waals surface area contributed by atoms with Crippen LogP contribution in [0.3, 0.4) is 0 Å². The van der Waals surface area contributed by atoms with Gasteiger partial charge in [0.05, 0.1) is 6.26 Å². The SMILES string of the molecule is CC(C)C[C@H]1CN(c2cc(C(=O)c3cccnc3)c(-c3ccco3)cn2)CCN1. The van der Waals surface area contributed by atoms with Crippen LogP contribution in [-0.2, 0) is 0 Å². The summed E-state index contributed by atoms with van der Waals surface area (Å²) in [7, 11) is 0. The number of anilines is 1. The van der Waals surface area contributed by atoms with Crippen LogP contribution in [0.25, 0.3) is 11.3 Å². The predicted octanol–water partition coefficient (Wildman–Crippen LogP) is 3.79. The maximum atomic E-state index is 13.3. The van der Waals surface area contributed by atoms with Gasteiger partial charge in [-0.3, -0.25) is 9.78 Å². The number of ketones is 1. The Kier molecular flexibility index (Phi) is 5.71. The first-order valence-corrected chi connectivity index (χ1v) is 10.1. The number of nitrogens with one attached hydrogen (secondary N) is 1. The average molecular weight is 390 g/mol. The number of carbonyl (C=O) groups is 1. The number of hydrogen-bond acceptors (Lipinski definition) is 6. The minimum absolute atomic E-state index is 0.0815. The number of nitrogens with zero attached hydrogens (tertiary/aromatic N) is 3. The molecule has 0 unspecified atom stereocenters. The smallest absolute Gasteiger partial charge is 0.195 e. The molecule has 0 aromatic carbocycles. The van der Waals surface area contributed by atoms with E-state index in [0.29, 0.717) is 34.4 Å². The van der Waals surface area contributed by atoms with Crippen LogP contribution in [-0.4, -0.2) is 41.4 Å². The highest BCUT2D eigenvalue weighted by atomic mass is 16.3. The molecule has 3 aromatic rings. The Morgan fingerprint density at radius 3 is 2.93 bits per heavy atom. The molecule has 3 aromatic heterocycles. The zero-order valence-corrected chi connectivity index (χ0v) is 16.8. The Balaban J connectivity index is 1.69. The zero-order chi connectivity index (χ0) is 20.2. The Labute approximate surface area is 171 Å². The van der Waals surface area contributed by atoms with Crippen molar-refractivity contribution in [1.29, 1.82) is 0 Å². The number of hydrogen-bond donors (Lipinski definition) is 1. The van der Waals surface area contributed by atoms with Gasteiger partial charge in [-0.25, -0.2) is 4.98 Å². The minimum Gasteiger partial charge on any atom is -0.464 e. The summed E-state index contributed by atoms with van der Waals surface area (Å²) in [6.07, 6.45) is 7.73. The van der Waals surface area contributed by atoms with Gasteiger partial charge in [0.15, 0.2) is 5.78 Å². The quantitative estimate of drug-likeness (QED) is 0.646. The van der Waals surface area contributed by atoms with E-state index in [1.165, 1.54) is 0 Å². The molecule has 1 aliphatic heterocycles. The van der Waals surface area contributed by atoms with E-state index in [9.17, 15) is 4.79 Å². The first-order valence-electron chi connectivity index (χ1n) is 10.1. The number of pyridine rings is 2. The number of aromatic nitrogens is 2. The van der Waals surface area contributed by atoms with Gasteiger partial charge in [0.2, 0.25) is 0 Å². The molecule has 0 saturated carbocycles. The highest BCUT2D eigenvalue weighted by molar-refractivity contribution is 6.12. The fourth-order valence-corrected chi connectivity index (χ4v) is 3.85. The third-order valence-corrected chi connectivity index (χ3v) is 5.18. The van der Waals surface area contributed by atoms with E-state index in [-0.39, 0.29) is 5.78 Å². The molecule has 0 aliphatic carbocycles. The van der Waals surface area contributed by atoms with Crippen molar-refractivity contribution in [3.05, 3.63) is 66.3 Å². The van der Waals surface area contributed by atoms with Crippen molar-refractivity contribution in [1.82, 2.24) is 15.3 Å². The number of rotatable bonds is 6. The second-order valence-electron chi connectivity index (χ2n) is 7.86. The molecule has 4 rings (SSSR count). The molecule has 0 bridgehead atoms. The maximum Gasteiger partial charge on any atom is 0.195 e. The molecule has 6 nitrogen and oxygen atoms in total. The van der Waals surface area contributed by atoms with Crippen LogP contribution in [0.1, 0.15) is 36.2 Å². The summed E-state index contributed by atoms with van der Waals surface area (Å²) in [6, 6.07) is 9.53. The standard InChI is InChI=1S/C23H26N4O2/c1-16(2)11-18-15-27(9-8-25-18)22-12-19(23(28)17-5-3-7-24-13-17)20(14-26-22)21-6-4-10-29-21/h3-7,10,12-14,16,18,25H,8-9,11,15H2,1-2H3/t18-/m0/s1. The molecule has 1 saturated heterocycles. The van der Waals surface area contributed by atoms with E-state index in [0.717, 1.165) is 31.9 Å². The Bertz CT molecular complexity index is 954. The van der Waals surface area contributed by atoms with Crippen molar-refractivity contribution in [3.63, 3.8) is 0 Å². The lowest BCUT2D eigenvalue weighted by Crippen LogP contribution is -2.51. The minimum atomic E-state index is -0.0815. The van der Waals surface area contributed by atoms with E-state index >= 15 is 0 Å². The zero-order valence-electron chi connectivity index (χ0n) is 16.8. The predicted molar refractivity (Wildman–Crippen MR) is 113 cm³/mol. The monoisotopic (exact) mass is 390 g/mol. The summed E-state index contributed by atoms with van der Waals surface area (Å²) in [6.45, 7) is 7.13. The molecule has 1 fully saturated rings. The lowest BCUT2D eigenvalue weighted by atomic mass is 9.98. The fraction of sp³-hybridized carbons (Fsp3) is 0.348. The molecule has 0 radical (unpaired) electrons. The lowest BCUT2D eigenvalue weighted by Gasteiger charge is -2.35. The normalized spacial score (nSPS) is 16.9. The molecule has 0 spiro atoms. The molecule has 150 valence electrons. The van der Waals surface area contributed by atoms with Gasteiger partial charge in [0.1, 0.15) is 11.6 Å². The number of furan rings is 1. The van der Waals surface area contributed by atoms with E-state index in [1.807, 2.05) is 18.2 Å². The van der Waals surface area contributed by atoms with Crippen LogP contribution in [0.4, 0.5) is 5.82 Å². The van der Waals surface area contributed by atoms with Gasteiger partial charge in [-0.2, -0.15) is 0 Å². The van der Waals surface area contributed by atoms with Gasteiger partial charge in [-0.15, -0.1) is 0 Å². The molecule has 1 atom stereocenters. The summed E-state index contributed by atoms with van der Waals surface area (Å²) >= 11 is 0. The van der Waals surface area contributed by atoms with Crippen LogP contribution in [0, 0.1) is 5.92 Å². The fourth-order valence-electron chi connectivity index (χ4n) is 3.85. The highest BCUT2D eigenvalue weighted by Crippen LogP contribution is 2.29. The summed E-state index contributed by atoms with van der Waals surface area (Å²) < 4.78 is 5.56. The van der Waals surface area contributed by atoms with Crippen LogP contribution in [0.2, 0.25) is 0 Å². The van der Waals surface area contributed by atoms with E-state index < -0.39 is 0 Å². The van der Waals surface area contributed by atoms with Crippen molar-refractivity contribution < 1.29 is 9.21 Å². The summed E-state index contributed by atoms with van der Waals surface area (Å²) in [4.78, 5) is 24.3. The van der Waals surface area contributed by atoms with Crippen molar-refractivity contribution in [3.8, 4) is 11.3 Å². The Morgan fingerprint density at radius 2 is 2.21 bits per heavy atom. The summed E-state index contributed by atoms with van der Waals surface area (Å²) in [5.41, 5.74) is 1.83. The molecule has 1 aliphatic rings. The topological polar surface area (TPSA) is 71.3 Å². The molecule has 6 heteroatoms. The molecule has 1 N–H and O–H groups in total. The Hall–Kier alpha value is -2.99. The molecule has 4 heterocycles. The van der Waals surface area contributed by atoms with Crippen LogP contribution in [0.15, 0.2) is 59.6 Å². The van der Waals surface area contributed by atoms with E-state index in [2.05, 4.69) is 34.0 Å². The van der Waals surface area contributed by atoms with Gasteiger partial charge in [-0.05, 0) is 42.7 Å². The second kappa shape index (κ2) is 8.57. The van der Waals surface area contributed by atoms with Crippen molar-refractivity contribution in [2.24, 2.45) is 5.92 Å². The van der Waals surface area contributed by atoms with Gasteiger partial charge in [-0.1, -0.05) is 13.8 Å². The van der Waals surface area contributed by atoms with Gasteiger partial charge < -0.3 is 14.6 Å². The lowest BCUT2D eigenvalue weighted by molar-refractivity contribution is 0.103. The highest BCUT2D eigenvalue weighted by Gasteiger charge is 2.24. The Morgan fingerprint density at radius 1 is 1.31 bits per heavy atom. The number of carbonyl (C=O) groups excluding carboxylic acids is 1. The summed E-state index contributed by atoms with van der Waals surface area (Å²) in [5, 5.41) is 3.59. The second-order valence-corrected chi connectivity index (χ2v) is 7.86. The molecule has 29 heavy (non-hydrogen) atoms. The summed E-state index contributed by atoms with van der Waals surface area (Å²) in [5.74, 6) is 2.00. The first kappa shape index (κ1) is 19.3. The average Bonchev–Trinajstić information content (AvgIpc) is 3.28. The van der Waals surface area contributed by atoms with Crippen LogP contribution >= 0.6 is 0 Å². The van der Waals surface area contributed by atoms with E-state index in [1.54, 1.807) is 37.0 Å². The van der Waals surface area contributed by atoms with Crippen molar-refractivity contribution >= 4 is 11.6 Å². The molecular weight excluding hydrogens is 364 g/mol. The third kappa shape index (κ3) is 4.38. The van der Waals surface area contributed by atoms with Crippen molar-refractivity contribution in [2.45, 2.75) is 26.3 Å². The third-order valence-electron chi connectivity index (χ3n) is 5.18. The van der Waals surface area contributed by atoms with Crippen LogP contribution < -0.4 is 10.2 Å². The van der Waals surface area contributed by atoms with Gasteiger partial charge in [0.25, 0.3) is 0 Å². The number of piperazine rings is 1. The maximum absolute atomic E-state index is 13.3. The van der Waals surface area contributed by atoms with Gasteiger partial charge in [0, 0.05) is 61.0 Å². The van der Waals surface area contributed by atoms with Crippen molar-refractivity contribution in [2.75, 3.05) is 24.5 Å². The first-order chi connectivity index (χ1) is 14.1. The largest absolute Gasteiger partial charge is 0.464 e. The van der Waals surface area contributed by atoms with E-state index in [4.69, 9.17) is 4.42 Å².